The average Bonchev–Trinajstić information content (AvgIpc) is 2.45. The van der Waals surface area contributed by atoms with Crippen LogP contribution in [0.2, 0.25) is 0 Å². The maximum Gasteiger partial charge on any atom is 0.246 e. The second kappa shape index (κ2) is 4.81. The first-order valence-corrected chi connectivity index (χ1v) is 6.40. The van der Waals surface area contributed by atoms with Gasteiger partial charge in [-0.3, -0.25) is 0 Å². The molecule has 0 unspecified atom stereocenters. The zero-order chi connectivity index (χ0) is 14.1. The van der Waals surface area contributed by atoms with Crippen LogP contribution in [0.3, 0.4) is 0 Å². The van der Waals surface area contributed by atoms with Crippen LogP contribution >= 0.6 is 0 Å². The molecule has 2 aromatic carbocycles. The summed E-state index contributed by atoms with van der Waals surface area (Å²) in [5.41, 5.74) is 8.71. The third-order valence-electron chi connectivity index (χ3n) is 3.31. The number of nitrogens with zero attached hydrogens (tertiary/aromatic N) is 2. The molecule has 2 N–H and O–H groups in total. The third-order valence-corrected chi connectivity index (χ3v) is 3.31. The van der Waals surface area contributed by atoms with Crippen molar-refractivity contribution in [3.63, 3.8) is 0 Å². The molecule has 1 heterocycles. The van der Waals surface area contributed by atoms with Crippen molar-refractivity contribution in [2.75, 3.05) is 5.73 Å². The van der Waals surface area contributed by atoms with Crippen LogP contribution in [0.4, 0.5) is 5.69 Å². The summed E-state index contributed by atoms with van der Waals surface area (Å²) in [4.78, 5) is 0. The van der Waals surface area contributed by atoms with E-state index in [1.807, 2.05) is 50.2 Å². The van der Waals surface area contributed by atoms with Crippen molar-refractivity contribution < 1.29 is 4.74 Å². The van der Waals surface area contributed by atoms with E-state index in [2.05, 4.69) is 10.2 Å². The van der Waals surface area contributed by atoms with Gasteiger partial charge in [-0.25, -0.2) is 0 Å². The summed E-state index contributed by atoms with van der Waals surface area (Å²) in [6, 6.07) is 11.7. The molecule has 0 aliphatic heterocycles. The highest BCUT2D eigenvalue weighted by atomic mass is 16.5. The summed E-state index contributed by atoms with van der Waals surface area (Å²) in [6.07, 6.45) is 1.72. The quantitative estimate of drug-likeness (QED) is 0.719. The fraction of sp³-hybridized carbons (Fsp3) is 0.125. The first-order chi connectivity index (χ1) is 9.65. The van der Waals surface area contributed by atoms with Crippen molar-refractivity contribution in [3.8, 4) is 11.6 Å². The molecule has 100 valence electrons. The van der Waals surface area contributed by atoms with E-state index in [4.69, 9.17) is 10.5 Å². The highest BCUT2D eigenvalue weighted by molar-refractivity contribution is 5.86. The standard InChI is InChI=1S/C16H15N3O/c1-10-7-11(2)15(8-14(10)17)20-16-13-6-4-3-5-12(13)9-18-19-16/h3-9H,17H2,1-2H3. The van der Waals surface area contributed by atoms with E-state index >= 15 is 0 Å². The maximum absolute atomic E-state index is 5.94. The van der Waals surface area contributed by atoms with Crippen LogP contribution < -0.4 is 10.5 Å². The number of fused-ring (bicyclic) bond motifs is 1. The summed E-state index contributed by atoms with van der Waals surface area (Å²) in [6.45, 7) is 3.96. The number of aromatic nitrogens is 2. The predicted molar refractivity (Wildman–Crippen MR) is 79.9 cm³/mol. The van der Waals surface area contributed by atoms with E-state index in [1.165, 1.54) is 0 Å². The molecule has 0 atom stereocenters. The molecule has 3 aromatic rings. The van der Waals surface area contributed by atoms with Gasteiger partial charge in [-0.15, -0.1) is 5.10 Å². The Hall–Kier alpha value is -2.62. The lowest BCUT2D eigenvalue weighted by molar-refractivity contribution is 0.458. The van der Waals surface area contributed by atoms with Gasteiger partial charge in [0.2, 0.25) is 5.88 Å². The minimum Gasteiger partial charge on any atom is -0.437 e. The Bertz CT molecular complexity index is 779. The van der Waals surface area contributed by atoms with Crippen molar-refractivity contribution >= 4 is 16.5 Å². The minimum absolute atomic E-state index is 0.495. The Kier molecular flexibility index (Phi) is 2.99. The van der Waals surface area contributed by atoms with Gasteiger partial charge in [0.1, 0.15) is 5.75 Å². The average molecular weight is 265 g/mol. The Labute approximate surface area is 117 Å². The molecular formula is C16H15N3O. The number of hydrogen-bond donors (Lipinski definition) is 1. The summed E-state index contributed by atoms with van der Waals surface area (Å²) in [5, 5.41) is 9.98. The Morgan fingerprint density at radius 3 is 2.70 bits per heavy atom. The van der Waals surface area contributed by atoms with E-state index < -0.39 is 0 Å². The van der Waals surface area contributed by atoms with E-state index in [1.54, 1.807) is 6.20 Å². The zero-order valence-electron chi connectivity index (χ0n) is 11.4. The van der Waals surface area contributed by atoms with Gasteiger partial charge in [-0.2, -0.15) is 5.10 Å². The van der Waals surface area contributed by atoms with Gasteiger partial charge >= 0.3 is 0 Å². The monoisotopic (exact) mass is 265 g/mol. The molecular weight excluding hydrogens is 250 g/mol. The van der Waals surface area contributed by atoms with Gasteiger partial charge in [0.25, 0.3) is 0 Å². The van der Waals surface area contributed by atoms with E-state index in [0.717, 1.165) is 21.9 Å². The lowest BCUT2D eigenvalue weighted by Gasteiger charge is -2.11. The van der Waals surface area contributed by atoms with Crippen LogP contribution in [0.25, 0.3) is 10.8 Å². The number of aryl methyl sites for hydroxylation is 2. The Morgan fingerprint density at radius 1 is 1.05 bits per heavy atom. The molecule has 0 radical (unpaired) electrons. The van der Waals surface area contributed by atoms with Crippen LogP contribution in [0.1, 0.15) is 11.1 Å². The second-order valence-corrected chi connectivity index (χ2v) is 4.81. The molecule has 0 fully saturated rings. The summed E-state index contributed by atoms with van der Waals surface area (Å²) < 4.78 is 5.90. The molecule has 0 saturated carbocycles. The number of anilines is 1. The summed E-state index contributed by atoms with van der Waals surface area (Å²) in [7, 11) is 0. The summed E-state index contributed by atoms with van der Waals surface area (Å²) >= 11 is 0. The number of rotatable bonds is 2. The number of hydrogen-bond acceptors (Lipinski definition) is 4. The number of benzene rings is 2. The highest BCUT2D eigenvalue weighted by Gasteiger charge is 2.09. The molecule has 20 heavy (non-hydrogen) atoms. The third kappa shape index (κ3) is 2.16. The first kappa shape index (κ1) is 12.4. The molecule has 4 heteroatoms. The maximum atomic E-state index is 5.94. The van der Waals surface area contributed by atoms with Gasteiger partial charge in [0.15, 0.2) is 0 Å². The Balaban J connectivity index is 2.08. The Morgan fingerprint density at radius 2 is 1.85 bits per heavy atom. The van der Waals surface area contributed by atoms with Crippen LogP contribution in [-0.4, -0.2) is 10.2 Å². The molecule has 0 aliphatic rings. The molecule has 1 aromatic heterocycles. The van der Waals surface area contributed by atoms with Gasteiger partial charge in [0, 0.05) is 22.5 Å². The SMILES string of the molecule is Cc1cc(C)c(Oc2nncc3ccccc23)cc1N. The molecule has 0 saturated heterocycles. The first-order valence-electron chi connectivity index (χ1n) is 6.40. The van der Waals surface area contributed by atoms with Gasteiger partial charge < -0.3 is 10.5 Å². The van der Waals surface area contributed by atoms with E-state index in [-0.39, 0.29) is 0 Å². The molecule has 0 bridgehead atoms. The summed E-state index contributed by atoms with van der Waals surface area (Å²) in [5.74, 6) is 1.20. The van der Waals surface area contributed by atoms with Crippen molar-refractivity contribution in [3.05, 3.63) is 53.7 Å². The minimum atomic E-state index is 0.495. The normalized spacial score (nSPS) is 10.7. The van der Waals surface area contributed by atoms with Gasteiger partial charge in [-0.05, 0) is 31.0 Å². The second-order valence-electron chi connectivity index (χ2n) is 4.81. The van der Waals surface area contributed by atoms with Crippen LogP contribution in [0, 0.1) is 13.8 Å². The number of ether oxygens (including phenoxy) is 1. The van der Waals surface area contributed by atoms with Gasteiger partial charge in [0.05, 0.1) is 6.20 Å². The molecule has 0 spiro atoms. The zero-order valence-corrected chi connectivity index (χ0v) is 11.4. The van der Waals surface area contributed by atoms with Crippen molar-refractivity contribution in [1.29, 1.82) is 0 Å². The molecule has 0 aliphatic carbocycles. The van der Waals surface area contributed by atoms with E-state index in [0.29, 0.717) is 17.3 Å². The van der Waals surface area contributed by atoms with Crippen LogP contribution in [-0.2, 0) is 0 Å². The topological polar surface area (TPSA) is 61.0 Å². The molecule has 3 rings (SSSR count). The van der Waals surface area contributed by atoms with E-state index in [9.17, 15) is 0 Å². The van der Waals surface area contributed by atoms with Crippen molar-refractivity contribution in [2.45, 2.75) is 13.8 Å². The largest absolute Gasteiger partial charge is 0.437 e. The van der Waals surface area contributed by atoms with Crippen LogP contribution in [0.15, 0.2) is 42.6 Å². The van der Waals surface area contributed by atoms with Crippen LogP contribution in [0.5, 0.6) is 11.6 Å². The van der Waals surface area contributed by atoms with Crippen molar-refractivity contribution in [1.82, 2.24) is 10.2 Å². The number of nitrogens with two attached hydrogens (primary N) is 1. The predicted octanol–water partition coefficient (Wildman–Crippen LogP) is 3.62. The molecule has 0 amide bonds. The molecule has 4 nitrogen and oxygen atoms in total. The fourth-order valence-corrected chi connectivity index (χ4v) is 2.14. The fourth-order valence-electron chi connectivity index (χ4n) is 2.14. The van der Waals surface area contributed by atoms with Gasteiger partial charge in [-0.1, -0.05) is 24.3 Å². The lowest BCUT2D eigenvalue weighted by Crippen LogP contribution is -1.96. The smallest absolute Gasteiger partial charge is 0.246 e. The highest BCUT2D eigenvalue weighted by Crippen LogP contribution is 2.31. The number of nitrogen functional groups attached to an aromatic ring is 1. The van der Waals surface area contributed by atoms with Crippen molar-refractivity contribution in [2.24, 2.45) is 0 Å². The lowest BCUT2D eigenvalue weighted by atomic mass is 10.1.